The Bertz CT molecular complexity index is 800. The summed E-state index contributed by atoms with van der Waals surface area (Å²) >= 11 is 0. The van der Waals surface area contributed by atoms with Crippen LogP contribution in [0.4, 0.5) is 0 Å². The summed E-state index contributed by atoms with van der Waals surface area (Å²) in [6.45, 7) is 2.03. The van der Waals surface area contributed by atoms with E-state index in [-0.39, 0.29) is 5.91 Å². The molecule has 0 aliphatic heterocycles. The summed E-state index contributed by atoms with van der Waals surface area (Å²) in [5.41, 5.74) is 6.21. The van der Waals surface area contributed by atoms with E-state index in [2.05, 4.69) is 15.5 Å². The van der Waals surface area contributed by atoms with Crippen molar-refractivity contribution in [1.82, 2.24) is 10.4 Å². The fraction of sp³-hybridized carbons (Fsp3) is 0.0588. The molecule has 1 heterocycles. The Labute approximate surface area is 122 Å². The first-order valence-electron chi connectivity index (χ1n) is 6.70. The first-order valence-corrected chi connectivity index (χ1v) is 6.70. The van der Waals surface area contributed by atoms with Crippen LogP contribution in [-0.2, 0) is 0 Å². The summed E-state index contributed by atoms with van der Waals surface area (Å²) in [4.78, 5) is 15.2. The number of amides is 1. The van der Waals surface area contributed by atoms with Gasteiger partial charge in [0.2, 0.25) is 0 Å². The Balaban J connectivity index is 1.73. The van der Waals surface area contributed by atoms with E-state index in [1.54, 1.807) is 12.4 Å². The van der Waals surface area contributed by atoms with Crippen LogP contribution in [0, 0.1) is 6.92 Å². The molecule has 1 amide bonds. The minimum atomic E-state index is -0.226. The van der Waals surface area contributed by atoms with E-state index >= 15 is 0 Å². The van der Waals surface area contributed by atoms with E-state index in [0.717, 1.165) is 16.5 Å². The van der Waals surface area contributed by atoms with Crippen molar-refractivity contribution in [3.8, 4) is 0 Å². The van der Waals surface area contributed by atoms with Gasteiger partial charge in [0.1, 0.15) is 0 Å². The summed E-state index contributed by atoms with van der Waals surface area (Å²) in [7, 11) is 0. The van der Waals surface area contributed by atoms with Crippen LogP contribution in [-0.4, -0.2) is 17.1 Å². The topological polar surface area (TPSA) is 57.2 Å². The Morgan fingerprint density at radius 2 is 1.90 bits per heavy atom. The quantitative estimate of drug-likeness (QED) is 0.560. The van der Waals surface area contributed by atoms with Crippen molar-refractivity contribution >= 4 is 23.0 Å². The highest BCUT2D eigenvalue weighted by molar-refractivity contribution is 6.06. The first-order chi connectivity index (χ1) is 10.2. The number of hydrazone groups is 1. The lowest BCUT2D eigenvalue weighted by Gasteiger charge is -1.98. The van der Waals surface area contributed by atoms with Gasteiger partial charge in [-0.05, 0) is 18.6 Å². The minimum Gasteiger partial charge on any atom is -0.360 e. The van der Waals surface area contributed by atoms with Crippen LogP contribution in [0.15, 0.2) is 59.8 Å². The van der Waals surface area contributed by atoms with Crippen molar-refractivity contribution < 1.29 is 4.79 Å². The molecule has 104 valence electrons. The Morgan fingerprint density at radius 3 is 2.71 bits per heavy atom. The molecule has 0 aliphatic rings. The molecule has 3 aromatic rings. The van der Waals surface area contributed by atoms with E-state index in [1.807, 2.05) is 55.5 Å². The molecule has 0 unspecified atom stereocenters. The van der Waals surface area contributed by atoms with Gasteiger partial charge in [-0.15, -0.1) is 0 Å². The van der Waals surface area contributed by atoms with Crippen LogP contribution in [0.2, 0.25) is 0 Å². The molecule has 0 saturated carbocycles. The number of H-pyrrole nitrogens is 1. The summed E-state index contributed by atoms with van der Waals surface area (Å²) in [5.74, 6) is -0.226. The smallest absolute Gasteiger partial charge is 0.273 e. The molecule has 0 bridgehead atoms. The third kappa shape index (κ3) is 2.84. The lowest BCUT2D eigenvalue weighted by atomic mass is 10.2. The molecule has 4 heteroatoms. The van der Waals surface area contributed by atoms with Gasteiger partial charge in [0.05, 0.1) is 11.8 Å². The summed E-state index contributed by atoms with van der Waals surface area (Å²) < 4.78 is 0. The predicted octanol–water partition coefficient (Wildman–Crippen LogP) is 3.24. The van der Waals surface area contributed by atoms with Crippen molar-refractivity contribution in [2.75, 3.05) is 0 Å². The van der Waals surface area contributed by atoms with Crippen LogP contribution in [0.5, 0.6) is 0 Å². The predicted molar refractivity (Wildman–Crippen MR) is 84.5 cm³/mol. The highest BCUT2D eigenvalue weighted by atomic mass is 16.2. The maximum atomic E-state index is 12.1. The SMILES string of the molecule is Cc1ccc(/C=N\NC(=O)c2c[nH]c3ccccc23)cc1. The van der Waals surface area contributed by atoms with E-state index in [0.29, 0.717) is 5.56 Å². The van der Waals surface area contributed by atoms with Gasteiger partial charge in [-0.3, -0.25) is 4.79 Å². The van der Waals surface area contributed by atoms with E-state index < -0.39 is 0 Å². The van der Waals surface area contributed by atoms with Crippen LogP contribution in [0.25, 0.3) is 10.9 Å². The van der Waals surface area contributed by atoms with Crippen LogP contribution in [0.1, 0.15) is 21.5 Å². The number of aromatic nitrogens is 1. The number of aromatic amines is 1. The number of hydrogen-bond acceptors (Lipinski definition) is 2. The fourth-order valence-corrected chi connectivity index (χ4v) is 2.14. The maximum absolute atomic E-state index is 12.1. The number of nitrogens with one attached hydrogen (secondary N) is 2. The maximum Gasteiger partial charge on any atom is 0.273 e. The van der Waals surface area contributed by atoms with Gasteiger partial charge in [-0.25, -0.2) is 5.43 Å². The molecule has 0 aliphatic carbocycles. The summed E-state index contributed by atoms with van der Waals surface area (Å²) in [5, 5.41) is 4.88. The lowest BCUT2D eigenvalue weighted by Crippen LogP contribution is -2.17. The van der Waals surface area contributed by atoms with Crippen molar-refractivity contribution in [3.63, 3.8) is 0 Å². The molecule has 2 N–H and O–H groups in total. The normalized spacial score (nSPS) is 11.1. The van der Waals surface area contributed by atoms with Gasteiger partial charge < -0.3 is 4.98 Å². The minimum absolute atomic E-state index is 0.226. The number of rotatable bonds is 3. The Hall–Kier alpha value is -2.88. The standard InChI is InChI=1S/C17H15N3O/c1-12-6-8-13(9-7-12)10-19-20-17(21)15-11-18-16-5-3-2-4-14(15)16/h2-11,18H,1H3,(H,20,21)/b19-10-. The van der Waals surface area contributed by atoms with Crippen LogP contribution in [0.3, 0.4) is 0 Å². The number of para-hydroxylation sites is 1. The highest BCUT2D eigenvalue weighted by Crippen LogP contribution is 2.17. The highest BCUT2D eigenvalue weighted by Gasteiger charge is 2.10. The van der Waals surface area contributed by atoms with Crippen molar-refractivity contribution in [2.24, 2.45) is 5.10 Å². The second-order valence-corrected chi connectivity index (χ2v) is 4.86. The number of fused-ring (bicyclic) bond motifs is 1. The largest absolute Gasteiger partial charge is 0.360 e. The number of carbonyl (C=O) groups is 1. The molecule has 0 fully saturated rings. The van der Waals surface area contributed by atoms with E-state index in [4.69, 9.17) is 0 Å². The van der Waals surface area contributed by atoms with Gasteiger partial charge in [0.15, 0.2) is 0 Å². The van der Waals surface area contributed by atoms with Gasteiger partial charge >= 0.3 is 0 Å². The van der Waals surface area contributed by atoms with Gasteiger partial charge in [-0.1, -0.05) is 48.0 Å². The second kappa shape index (κ2) is 5.63. The lowest BCUT2D eigenvalue weighted by molar-refractivity contribution is 0.0957. The zero-order chi connectivity index (χ0) is 14.7. The molecule has 0 saturated heterocycles. The van der Waals surface area contributed by atoms with E-state index in [9.17, 15) is 4.79 Å². The van der Waals surface area contributed by atoms with Gasteiger partial charge in [0, 0.05) is 17.1 Å². The fourth-order valence-electron chi connectivity index (χ4n) is 2.14. The number of benzene rings is 2. The molecule has 21 heavy (non-hydrogen) atoms. The molecule has 3 rings (SSSR count). The molecule has 0 radical (unpaired) electrons. The average Bonchev–Trinajstić information content (AvgIpc) is 2.93. The molecule has 0 spiro atoms. The average molecular weight is 277 g/mol. The zero-order valence-electron chi connectivity index (χ0n) is 11.6. The summed E-state index contributed by atoms with van der Waals surface area (Å²) in [6.07, 6.45) is 3.33. The molecular formula is C17H15N3O. The summed E-state index contributed by atoms with van der Waals surface area (Å²) in [6, 6.07) is 15.6. The van der Waals surface area contributed by atoms with Gasteiger partial charge in [-0.2, -0.15) is 5.10 Å². The third-order valence-corrected chi connectivity index (χ3v) is 3.29. The number of carbonyl (C=O) groups excluding carboxylic acids is 1. The molecular weight excluding hydrogens is 262 g/mol. The molecule has 4 nitrogen and oxygen atoms in total. The number of hydrogen-bond donors (Lipinski definition) is 2. The van der Waals surface area contributed by atoms with Crippen LogP contribution >= 0.6 is 0 Å². The van der Waals surface area contributed by atoms with E-state index in [1.165, 1.54) is 5.56 Å². The third-order valence-electron chi connectivity index (χ3n) is 3.29. The number of nitrogens with zero attached hydrogens (tertiary/aromatic N) is 1. The monoisotopic (exact) mass is 277 g/mol. The van der Waals surface area contributed by atoms with Crippen molar-refractivity contribution in [1.29, 1.82) is 0 Å². The first kappa shape index (κ1) is 13.1. The molecule has 0 atom stereocenters. The van der Waals surface area contributed by atoms with Crippen molar-refractivity contribution in [3.05, 3.63) is 71.4 Å². The molecule has 2 aromatic carbocycles. The zero-order valence-corrected chi connectivity index (χ0v) is 11.6. The second-order valence-electron chi connectivity index (χ2n) is 4.86. The van der Waals surface area contributed by atoms with Crippen LogP contribution < -0.4 is 5.43 Å². The molecule has 1 aromatic heterocycles. The Kier molecular flexibility index (Phi) is 3.51. The number of aryl methyl sites for hydroxylation is 1. The van der Waals surface area contributed by atoms with Crippen molar-refractivity contribution in [2.45, 2.75) is 6.92 Å². The van der Waals surface area contributed by atoms with Gasteiger partial charge in [0.25, 0.3) is 5.91 Å². The Morgan fingerprint density at radius 1 is 1.14 bits per heavy atom.